The van der Waals surface area contributed by atoms with Crippen molar-refractivity contribution >= 4 is 5.91 Å². The molecule has 1 saturated heterocycles. The van der Waals surface area contributed by atoms with Gasteiger partial charge in [0.2, 0.25) is 5.91 Å². The number of fused-ring (bicyclic) bond motifs is 1. The van der Waals surface area contributed by atoms with Gasteiger partial charge in [0.25, 0.3) is 0 Å². The highest BCUT2D eigenvalue weighted by atomic mass is 16.5. The van der Waals surface area contributed by atoms with E-state index in [1.165, 1.54) is 6.42 Å². The van der Waals surface area contributed by atoms with Crippen LogP contribution in [0.1, 0.15) is 58.8 Å². The van der Waals surface area contributed by atoms with E-state index in [1.807, 2.05) is 0 Å². The molecular weight excluding hydrogens is 304 g/mol. The van der Waals surface area contributed by atoms with Gasteiger partial charge in [-0.2, -0.15) is 0 Å². The lowest BCUT2D eigenvalue weighted by molar-refractivity contribution is -0.134. The number of carbonyl (C=O) groups is 1. The van der Waals surface area contributed by atoms with Gasteiger partial charge in [-0.25, -0.2) is 0 Å². The monoisotopic (exact) mass is 338 g/mol. The van der Waals surface area contributed by atoms with Crippen LogP contribution >= 0.6 is 0 Å². The van der Waals surface area contributed by atoms with Crippen molar-refractivity contribution in [3.05, 3.63) is 0 Å². The summed E-state index contributed by atoms with van der Waals surface area (Å²) in [6, 6.07) is 0.356. The van der Waals surface area contributed by atoms with Gasteiger partial charge in [-0.15, -0.1) is 0 Å². The molecule has 1 amide bonds. The molecule has 0 aromatic carbocycles. The van der Waals surface area contributed by atoms with E-state index in [4.69, 9.17) is 9.47 Å². The molecule has 0 spiro atoms. The van der Waals surface area contributed by atoms with Crippen molar-refractivity contribution in [1.29, 1.82) is 0 Å². The molecule has 2 N–H and O–H groups in total. The van der Waals surface area contributed by atoms with Crippen LogP contribution in [0.15, 0.2) is 0 Å². The van der Waals surface area contributed by atoms with Gasteiger partial charge in [0, 0.05) is 19.8 Å². The number of methoxy groups -OCH3 is 1. The fraction of sp³-hybridized carbons (Fsp3) is 0.947. The Labute approximate surface area is 146 Å². The van der Waals surface area contributed by atoms with Gasteiger partial charge in [0.15, 0.2) is 0 Å². The van der Waals surface area contributed by atoms with Gasteiger partial charge in [-0.1, -0.05) is 13.8 Å². The zero-order valence-corrected chi connectivity index (χ0v) is 15.4. The molecular formula is C19H34N2O3. The third kappa shape index (κ3) is 3.94. The first-order chi connectivity index (χ1) is 11.6. The third-order valence-corrected chi connectivity index (χ3v) is 6.22. The van der Waals surface area contributed by atoms with E-state index in [-0.39, 0.29) is 30.2 Å². The molecule has 2 saturated carbocycles. The zero-order chi connectivity index (χ0) is 17.1. The summed E-state index contributed by atoms with van der Waals surface area (Å²) in [5, 5.41) is 7.01. The first-order valence-electron chi connectivity index (χ1n) is 9.83. The lowest BCUT2D eigenvalue weighted by Crippen LogP contribution is -2.65. The average Bonchev–Trinajstić information content (AvgIpc) is 2.60. The van der Waals surface area contributed by atoms with Crippen molar-refractivity contribution in [2.24, 2.45) is 17.8 Å². The largest absolute Gasteiger partial charge is 0.379 e. The molecule has 5 nitrogen and oxygen atoms in total. The second-order valence-electron chi connectivity index (χ2n) is 8.04. The van der Waals surface area contributed by atoms with Crippen LogP contribution in [-0.2, 0) is 14.3 Å². The summed E-state index contributed by atoms with van der Waals surface area (Å²) in [5.41, 5.74) is 0. The topological polar surface area (TPSA) is 59.6 Å². The highest BCUT2D eigenvalue weighted by molar-refractivity contribution is 5.80. The Morgan fingerprint density at radius 2 is 1.96 bits per heavy atom. The Hall–Kier alpha value is -0.650. The van der Waals surface area contributed by atoms with E-state index in [2.05, 4.69) is 24.5 Å². The van der Waals surface area contributed by atoms with Gasteiger partial charge in [0.05, 0.1) is 24.3 Å². The van der Waals surface area contributed by atoms with E-state index >= 15 is 0 Å². The average molecular weight is 338 g/mol. The number of nitrogens with one attached hydrogen (secondary N) is 2. The summed E-state index contributed by atoms with van der Waals surface area (Å²) in [6.07, 6.45) is 7.90. The van der Waals surface area contributed by atoms with E-state index in [0.717, 1.165) is 45.1 Å². The van der Waals surface area contributed by atoms with Gasteiger partial charge in [-0.3, -0.25) is 10.1 Å². The van der Waals surface area contributed by atoms with Crippen LogP contribution in [0.2, 0.25) is 0 Å². The molecule has 0 radical (unpaired) electrons. The number of hydrogen-bond acceptors (Lipinski definition) is 4. The number of rotatable bonds is 5. The van der Waals surface area contributed by atoms with Gasteiger partial charge >= 0.3 is 0 Å². The van der Waals surface area contributed by atoms with E-state index in [0.29, 0.717) is 17.9 Å². The standard InChI is InChI=1S/C19H34N2O3/c1-4-9-24-16-8-6-13(11-17(16)23-3)18-20-15-7-5-12(2)10-14(15)19(22)21-18/h12-18,20H,4-11H2,1-3H3,(H,21,22). The minimum atomic E-state index is 0.0944. The van der Waals surface area contributed by atoms with E-state index < -0.39 is 0 Å². The van der Waals surface area contributed by atoms with Gasteiger partial charge in [-0.05, 0) is 56.8 Å². The van der Waals surface area contributed by atoms with Crippen molar-refractivity contribution in [3.8, 4) is 0 Å². The fourth-order valence-corrected chi connectivity index (χ4v) is 4.80. The maximum Gasteiger partial charge on any atom is 0.225 e. The first kappa shape index (κ1) is 18.2. The lowest BCUT2D eigenvalue weighted by atomic mass is 9.75. The van der Waals surface area contributed by atoms with Crippen molar-refractivity contribution in [1.82, 2.24) is 10.6 Å². The van der Waals surface area contributed by atoms with Crippen LogP contribution in [0, 0.1) is 17.8 Å². The van der Waals surface area contributed by atoms with Crippen LogP contribution in [0.3, 0.4) is 0 Å². The SMILES string of the molecule is CCCOC1CCC(C2NC(=O)C3CC(C)CCC3N2)CC1OC. The first-order valence-corrected chi connectivity index (χ1v) is 9.83. The Morgan fingerprint density at radius 1 is 1.12 bits per heavy atom. The van der Waals surface area contributed by atoms with Gasteiger partial charge in [0.1, 0.15) is 0 Å². The molecule has 5 heteroatoms. The van der Waals surface area contributed by atoms with Crippen LogP contribution < -0.4 is 10.6 Å². The maximum absolute atomic E-state index is 12.6. The smallest absolute Gasteiger partial charge is 0.225 e. The molecule has 2 aliphatic carbocycles. The predicted molar refractivity (Wildman–Crippen MR) is 93.5 cm³/mol. The lowest BCUT2D eigenvalue weighted by Gasteiger charge is -2.46. The quantitative estimate of drug-likeness (QED) is 0.808. The Kier molecular flexibility index (Phi) is 6.17. The normalized spacial score (nSPS) is 43.1. The number of ether oxygens (including phenoxy) is 2. The van der Waals surface area contributed by atoms with E-state index in [1.54, 1.807) is 7.11 Å². The fourth-order valence-electron chi connectivity index (χ4n) is 4.80. The molecule has 0 bridgehead atoms. The molecule has 1 heterocycles. The summed E-state index contributed by atoms with van der Waals surface area (Å²) in [4.78, 5) is 12.6. The van der Waals surface area contributed by atoms with Crippen molar-refractivity contribution < 1.29 is 14.3 Å². The molecule has 1 aliphatic heterocycles. The van der Waals surface area contributed by atoms with Crippen molar-refractivity contribution in [2.75, 3.05) is 13.7 Å². The molecule has 7 atom stereocenters. The minimum Gasteiger partial charge on any atom is -0.379 e. The van der Waals surface area contributed by atoms with Crippen molar-refractivity contribution in [2.45, 2.75) is 83.2 Å². The highest BCUT2D eigenvalue weighted by Gasteiger charge is 2.43. The van der Waals surface area contributed by atoms with Crippen LogP contribution in [-0.4, -0.2) is 44.0 Å². The van der Waals surface area contributed by atoms with Crippen LogP contribution in [0.25, 0.3) is 0 Å². The maximum atomic E-state index is 12.6. The summed E-state index contributed by atoms with van der Waals surface area (Å²) >= 11 is 0. The third-order valence-electron chi connectivity index (χ3n) is 6.22. The molecule has 138 valence electrons. The second-order valence-corrected chi connectivity index (χ2v) is 8.04. The van der Waals surface area contributed by atoms with Crippen LogP contribution in [0.4, 0.5) is 0 Å². The highest BCUT2D eigenvalue weighted by Crippen LogP contribution is 2.35. The van der Waals surface area contributed by atoms with Gasteiger partial charge < -0.3 is 14.8 Å². The molecule has 3 fully saturated rings. The Balaban J connectivity index is 1.58. The Bertz CT molecular complexity index is 431. The number of carbonyl (C=O) groups excluding carboxylic acids is 1. The van der Waals surface area contributed by atoms with Crippen molar-refractivity contribution in [3.63, 3.8) is 0 Å². The van der Waals surface area contributed by atoms with E-state index in [9.17, 15) is 4.79 Å². The molecule has 7 unspecified atom stereocenters. The minimum absolute atomic E-state index is 0.0944. The summed E-state index contributed by atoms with van der Waals surface area (Å²) in [7, 11) is 1.78. The number of amides is 1. The molecule has 3 rings (SSSR count). The Morgan fingerprint density at radius 3 is 2.71 bits per heavy atom. The molecule has 0 aromatic heterocycles. The molecule has 0 aromatic rings. The number of hydrogen-bond donors (Lipinski definition) is 2. The summed E-state index contributed by atoms with van der Waals surface area (Å²) < 4.78 is 11.7. The van der Waals surface area contributed by atoms with Crippen LogP contribution in [0.5, 0.6) is 0 Å². The second kappa shape index (κ2) is 8.15. The molecule has 24 heavy (non-hydrogen) atoms. The zero-order valence-electron chi connectivity index (χ0n) is 15.4. The molecule has 3 aliphatic rings. The predicted octanol–water partition coefficient (Wildman–Crippen LogP) is 2.45. The summed E-state index contributed by atoms with van der Waals surface area (Å²) in [5.74, 6) is 1.51. The summed E-state index contributed by atoms with van der Waals surface area (Å²) in [6.45, 7) is 5.20.